The van der Waals surface area contributed by atoms with E-state index >= 15 is 0 Å². The summed E-state index contributed by atoms with van der Waals surface area (Å²) in [6, 6.07) is 5.16. The van der Waals surface area contributed by atoms with Gasteiger partial charge in [0.25, 0.3) is 0 Å². The van der Waals surface area contributed by atoms with Crippen molar-refractivity contribution in [3.8, 4) is 5.75 Å². The van der Waals surface area contributed by atoms with Crippen molar-refractivity contribution in [1.29, 1.82) is 0 Å². The predicted molar refractivity (Wildman–Crippen MR) is 78.4 cm³/mol. The van der Waals surface area contributed by atoms with E-state index in [-0.39, 0.29) is 6.10 Å². The van der Waals surface area contributed by atoms with Gasteiger partial charge in [-0.3, -0.25) is 10.1 Å². The standard InChI is InChI=1S/C15H21NO6/c1-10-4-5-11(6-13(10)14(17)7-16(18)19)20-8-12-9-21-15(2,3)22-12/h4-6,12,14,17H,7-9H2,1-3H3/t12-,14+/m0/s1. The topological polar surface area (TPSA) is 91.1 Å². The lowest BCUT2D eigenvalue weighted by Gasteiger charge is -2.18. The Morgan fingerprint density at radius 3 is 2.86 bits per heavy atom. The fourth-order valence-electron chi connectivity index (χ4n) is 2.34. The van der Waals surface area contributed by atoms with Crippen LogP contribution in [0.25, 0.3) is 0 Å². The Bertz CT molecular complexity index is 545. The summed E-state index contributed by atoms with van der Waals surface area (Å²) in [5, 5.41) is 20.4. The van der Waals surface area contributed by atoms with Crippen molar-refractivity contribution in [3.05, 3.63) is 39.4 Å². The number of hydrogen-bond donors (Lipinski definition) is 1. The third-order valence-corrected chi connectivity index (χ3v) is 3.43. The average Bonchev–Trinajstić information content (AvgIpc) is 2.76. The molecule has 1 heterocycles. The molecule has 0 spiro atoms. The van der Waals surface area contributed by atoms with Crippen LogP contribution in [0.5, 0.6) is 5.75 Å². The first-order chi connectivity index (χ1) is 10.3. The third-order valence-electron chi connectivity index (χ3n) is 3.43. The Morgan fingerprint density at radius 2 is 2.27 bits per heavy atom. The number of aliphatic hydroxyl groups excluding tert-OH is 1. The second-order valence-corrected chi connectivity index (χ2v) is 5.81. The number of hydrogen-bond acceptors (Lipinski definition) is 6. The van der Waals surface area contributed by atoms with E-state index in [2.05, 4.69) is 0 Å². The van der Waals surface area contributed by atoms with Crippen LogP contribution < -0.4 is 4.74 Å². The molecule has 1 aliphatic heterocycles. The van der Waals surface area contributed by atoms with Gasteiger partial charge in [0.1, 0.15) is 24.6 Å². The van der Waals surface area contributed by atoms with E-state index in [0.717, 1.165) is 5.56 Å². The molecule has 0 saturated carbocycles. The van der Waals surface area contributed by atoms with E-state index in [4.69, 9.17) is 14.2 Å². The molecule has 1 saturated heterocycles. The lowest BCUT2D eigenvalue weighted by Crippen LogP contribution is -2.25. The average molecular weight is 311 g/mol. The second-order valence-electron chi connectivity index (χ2n) is 5.81. The first-order valence-corrected chi connectivity index (χ1v) is 7.12. The van der Waals surface area contributed by atoms with Crippen LogP contribution in [0.15, 0.2) is 18.2 Å². The van der Waals surface area contributed by atoms with Crippen LogP contribution in [0.4, 0.5) is 0 Å². The van der Waals surface area contributed by atoms with E-state index in [1.54, 1.807) is 25.1 Å². The van der Waals surface area contributed by atoms with Gasteiger partial charge in [0.05, 0.1) is 6.61 Å². The normalized spacial score (nSPS) is 21.5. The fourth-order valence-corrected chi connectivity index (χ4v) is 2.34. The molecule has 1 N–H and O–H groups in total. The van der Waals surface area contributed by atoms with Gasteiger partial charge >= 0.3 is 0 Å². The summed E-state index contributed by atoms with van der Waals surface area (Å²) >= 11 is 0. The van der Waals surface area contributed by atoms with Crippen LogP contribution in [0.1, 0.15) is 31.1 Å². The van der Waals surface area contributed by atoms with E-state index in [1.807, 2.05) is 13.8 Å². The molecule has 2 rings (SSSR count). The van der Waals surface area contributed by atoms with Crippen molar-refractivity contribution < 1.29 is 24.2 Å². The van der Waals surface area contributed by atoms with Crippen LogP contribution >= 0.6 is 0 Å². The molecule has 0 bridgehead atoms. The number of ether oxygens (including phenoxy) is 3. The van der Waals surface area contributed by atoms with Gasteiger partial charge in [-0.2, -0.15) is 0 Å². The summed E-state index contributed by atoms with van der Waals surface area (Å²) in [6.07, 6.45) is -1.31. The number of benzene rings is 1. The van der Waals surface area contributed by atoms with Gasteiger partial charge in [0, 0.05) is 4.92 Å². The van der Waals surface area contributed by atoms with Crippen LogP contribution in [-0.4, -0.2) is 41.7 Å². The Hall–Kier alpha value is -1.70. The minimum Gasteiger partial charge on any atom is -0.491 e. The van der Waals surface area contributed by atoms with Gasteiger partial charge in [0.15, 0.2) is 5.79 Å². The van der Waals surface area contributed by atoms with Crippen molar-refractivity contribution in [2.24, 2.45) is 0 Å². The maximum atomic E-state index is 10.5. The molecule has 0 radical (unpaired) electrons. The van der Waals surface area contributed by atoms with Gasteiger partial charge in [-0.05, 0) is 44.0 Å². The summed E-state index contributed by atoms with van der Waals surface area (Å²) in [5.41, 5.74) is 1.28. The van der Waals surface area contributed by atoms with Gasteiger partial charge in [0.2, 0.25) is 6.54 Å². The lowest BCUT2D eigenvalue weighted by molar-refractivity contribution is -0.491. The number of aryl methyl sites for hydroxylation is 1. The Balaban J connectivity index is 1.99. The zero-order valence-corrected chi connectivity index (χ0v) is 12.9. The van der Waals surface area contributed by atoms with Crippen LogP contribution in [0.3, 0.4) is 0 Å². The maximum absolute atomic E-state index is 10.5. The molecule has 7 nitrogen and oxygen atoms in total. The number of nitrogens with zero attached hydrogens (tertiary/aromatic N) is 1. The third kappa shape index (κ3) is 4.40. The smallest absolute Gasteiger partial charge is 0.233 e. The first-order valence-electron chi connectivity index (χ1n) is 7.12. The Morgan fingerprint density at radius 1 is 1.55 bits per heavy atom. The molecule has 1 aromatic carbocycles. The summed E-state index contributed by atoms with van der Waals surface area (Å²) < 4.78 is 16.7. The summed E-state index contributed by atoms with van der Waals surface area (Å²) in [4.78, 5) is 9.99. The van der Waals surface area contributed by atoms with Crippen molar-refractivity contribution in [3.63, 3.8) is 0 Å². The number of rotatable bonds is 6. The first kappa shape index (κ1) is 16.7. The minimum absolute atomic E-state index is 0.163. The van der Waals surface area contributed by atoms with Crippen molar-refractivity contribution >= 4 is 0 Å². The highest BCUT2D eigenvalue weighted by Gasteiger charge is 2.33. The fraction of sp³-hybridized carbons (Fsp3) is 0.600. The molecule has 0 unspecified atom stereocenters. The van der Waals surface area contributed by atoms with E-state index in [1.165, 1.54) is 0 Å². The second kappa shape index (κ2) is 6.60. The van der Waals surface area contributed by atoms with Crippen molar-refractivity contribution in [1.82, 2.24) is 0 Å². The largest absolute Gasteiger partial charge is 0.491 e. The Labute approximate surface area is 128 Å². The molecular formula is C15H21NO6. The highest BCUT2D eigenvalue weighted by atomic mass is 16.7. The molecule has 22 heavy (non-hydrogen) atoms. The summed E-state index contributed by atoms with van der Waals surface area (Å²) in [6.45, 7) is 5.71. The van der Waals surface area contributed by atoms with E-state index < -0.39 is 23.4 Å². The summed E-state index contributed by atoms with van der Waals surface area (Å²) in [5.74, 6) is -0.0646. The molecule has 1 fully saturated rings. The van der Waals surface area contributed by atoms with Gasteiger partial charge in [-0.25, -0.2) is 0 Å². The zero-order chi connectivity index (χ0) is 16.3. The quantitative estimate of drug-likeness (QED) is 0.636. The van der Waals surface area contributed by atoms with Crippen molar-refractivity contribution in [2.45, 2.75) is 38.8 Å². The van der Waals surface area contributed by atoms with Gasteiger partial charge in [-0.1, -0.05) is 6.07 Å². The molecule has 0 amide bonds. The molecule has 7 heteroatoms. The highest BCUT2D eigenvalue weighted by molar-refractivity contribution is 5.36. The molecule has 0 aliphatic carbocycles. The number of aliphatic hydroxyl groups is 1. The summed E-state index contributed by atoms with van der Waals surface area (Å²) in [7, 11) is 0. The molecule has 2 atom stereocenters. The van der Waals surface area contributed by atoms with E-state index in [9.17, 15) is 15.2 Å². The van der Waals surface area contributed by atoms with Crippen LogP contribution in [-0.2, 0) is 9.47 Å². The minimum atomic E-state index is -1.15. The molecule has 1 aromatic rings. The molecule has 1 aliphatic rings. The molecular weight excluding hydrogens is 290 g/mol. The Kier molecular flexibility index (Phi) is 5.00. The predicted octanol–water partition coefficient (Wildman–Crippen LogP) is 1.84. The van der Waals surface area contributed by atoms with Gasteiger partial charge < -0.3 is 19.3 Å². The highest BCUT2D eigenvalue weighted by Crippen LogP contribution is 2.26. The molecule has 122 valence electrons. The monoisotopic (exact) mass is 311 g/mol. The number of nitro groups is 1. The van der Waals surface area contributed by atoms with Gasteiger partial charge in [-0.15, -0.1) is 0 Å². The van der Waals surface area contributed by atoms with Crippen molar-refractivity contribution in [2.75, 3.05) is 19.8 Å². The SMILES string of the molecule is Cc1ccc(OC[C@H]2COC(C)(C)O2)cc1[C@H](O)C[N+](=O)[O-]. The zero-order valence-electron chi connectivity index (χ0n) is 12.9. The maximum Gasteiger partial charge on any atom is 0.233 e. The molecule has 0 aromatic heterocycles. The van der Waals surface area contributed by atoms with E-state index in [0.29, 0.717) is 24.5 Å². The lowest BCUT2D eigenvalue weighted by atomic mass is 10.0. The van der Waals surface area contributed by atoms with Crippen LogP contribution in [0.2, 0.25) is 0 Å². The van der Waals surface area contributed by atoms with Crippen LogP contribution in [0, 0.1) is 17.0 Å².